The fourth-order valence-corrected chi connectivity index (χ4v) is 3.98. The van der Waals surface area contributed by atoms with E-state index in [0.29, 0.717) is 13.1 Å². The monoisotopic (exact) mass is 399 g/mol. The number of anilines is 2. The van der Waals surface area contributed by atoms with E-state index in [1.807, 2.05) is 38.8 Å². The van der Waals surface area contributed by atoms with E-state index in [0.717, 1.165) is 73.8 Å². The highest BCUT2D eigenvalue weighted by Crippen LogP contribution is 2.21. The number of hydrogen-bond acceptors (Lipinski definition) is 7. The van der Waals surface area contributed by atoms with Gasteiger partial charge in [0.05, 0.1) is 24.5 Å². The molecule has 4 heterocycles. The molecule has 29 heavy (non-hydrogen) atoms. The second-order valence-electron chi connectivity index (χ2n) is 7.72. The number of aromatic nitrogens is 4. The van der Waals surface area contributed by atoms with E-state index in [2.05, 4.69) is 19.9 Å². The highest BCUT2D eigenvalue weighted by atomic mass is 16.5. The van der Waals surface area contributed by atoms with Crippen LogP contribution in [0, 0.1) is 20.8 Å². The zero-order valence-electron chi connectivity index (χ0n) is 17.7. The van der Waals surface area contributed by atoms with Crippen LogP contribution in [-0.4, -0.2) is 83.0 Å². The predicted octanol–water partition coefficient (Wildman–Crippen LogP) is 0.934. The molecule has 0 N–H and O–H groups in total. The van der Waals surface area contributed by atoms with Crippen LogP contribution in [0.1, 0.15) is 27.4 Å². The summed E-state index contributed by atoms with van der Waals surface area (Å²) in [6.45, 7) is 11.7. The standard InChI is InChI=1S/C20H29N7O2/c1-14-13-17(25-9-11-29-12-10-25)22-20(21-14)27-7-5-26(6-8-27)19(28)18-15(2)23-24(4)16(18)3/h13H,5-12H2,1-4H3. The van der Waals surface area contributed by atoms with Gasteiger partial charge in [-0.25, -0.2) is 4.98 Å². The van der Waals surface area contributed by atoms with E-state index >= 15 is 0 Å². The molecular formula is C20H29N7O2. The third kappa shape index (κ3) is 3.91. The van der Waals surface area contributed by atoms with Crippen LogP contribution >= 0.6 is 0 Å². The predicted molar refractivity (Wildman–Crippen MR) is 111 cm³/mol. The van der Waals surface area contributed by atoms with E-state index in [1.165, 1.54) is 0 Å². The number of aryl methyl sites for hydroxylation is 3. The first-order valence-corrected chi connectivity index (χ1v) is 10.2. The van der Waals surface area contributed by atoms with Crippen LogP contribution in [0.4, 0.5) is 11.8 Å². The first-order valence-electron chi connectivity index (χ1n) is 10.2. The number of rotatable bonds is 3. The number of carbonyl (C=O) groups excluding carboxylic acids is 1. The minimum atomic E-state index is 0.0620. The number of ether oxygens (including phenoxy) is 1. The molecule has 9 heteroatoms. The lowest BCUT2D eigenvalue weighted by Gasteiger charge is -2.35. The van der Waals surface area contributed by atoms with Crippen LogP contribution < -0.4 is 9.80 Å². The molecule has 4 rings (SSSR count). The van der Waals surface area contributed by atoms with Gasteiger partial charge in [0, 0.05) is 63.8 Å². The highest BCUT2D eigenvalue weighted by Gasteiger charge is 2.27. The van der Waals surface area contributed by atoms with Gasteiger partial charge < -0.3 is 19.4 Å². The highest BCUT2D eigenvalue weighted by molar-refractivity contribution is 5.96. The van der Waals surface area contributed by atoms with Gasteiger partial charge in [0.25, 0.3) is 5.91 Å². The van der Waals surface area contributed by atoms with Gasteiger partial charge >= 0.3 is 0 Å². The fourth-order valence-electron chi connectivity index (χ4n) is 3.98. The minimum Gasteiger partial charge on any atom is -0.378 e. The van der Waals surface area contributed by atoms with Gasteiger partial charge in [-0.2, -0.15) is 10.1 Å². The van der Waals surface area contributed by atoms with Crippen LogP contribution in [0.3, 0.4) is 0 Å². The molecule has 0 aromatic carbocycles. The smallest absolute Gasteiger partial charge is 0.257 e. The molecule has 0 unspecified atom stereocenters. The lowest BCUT2D eigenvalue weighted by molar-refractivity contribution is 0.0744. The van der Waals surface area contributed by atoms with E-state index in [-0.39, 0.29) is 5.91 Å². The average molecular weight is 399 g/mol. The Morgan fingerprint density at radius 1 is 0.966 bits per heavy atom. The molecule has 2 aliphatic heterocycles. The second-order valence-corrected chi connectivity index (χ2v) is 7.72. The summed E-state index contributed by atoms with van der Waals surface area (Å²) >= 11 is 0. The Morgan fingerprint density at radius 3 is 2.28 bits per heavy atom. The molecule has 2 aromatic heterocycles. The summed E-state index contributed by atoms with van der Waals surface area (Å²) < 4.78 is 7.22. The lowest BCUT2D eigenvalue weighted by atomic mass is 10.1. The van der Waals surface area contributed by atoms with Crippen LogP contribution in [0.2, 0.25) is 0 Å². The van der Waals surface area contributed by atoms with E-state index in [1.54, 1.807) is 4.68 Å². The first-order chi connectivity index (χ1) is 13.9. The molecule has 9 nitrogen and oxygen atoms in total. The van der Waals surface area contributed by atoms with Crippen LogP contribution in [0.5, 0.6) is 0 Å². The third-order valence-corrected chi connectivity index (χ3v) is 5.74. The molecule has 0 saturated carbocycles. The van der Waals surface area contributed by atoms with Crippen molar-refractivity contribution in [3.05, 3.63) is 28.7 Å². The lowest BCUT2D eigenvalue weighted by Crippen LogP contribution is -2.49. The molecule has 2 saturated heterocycles. The number of nitrogens with zero attached hydrogens (tertiary/aromatic N) is 7. The molecule has 0 bridgehead atoms. The Balaban J connectivity index is 1.45. The number of piperazine rings is 1. The maximum atomic E-state index is 13.0. The number of carbonyl (C=O) groups is 1. The van der Waals surface area contributed by atoms with Crippen LogP contribution in [0.25, 0.3) is 0 Å². The quantitative estimate of drug-likeness (QED) is 0.760. The third-order valence-electron chi connectivity index (χ3n) is 5.74. The topological polar surface area (TPSA) is 79.6 Å². The van der Waals surface area contributed by atoms with Crippen molar-refractivity contribution in [1.82, 2.24) is 24.6 Å². The number of amides is 1. The Labute approximate surface area is 171 Å². The van der Waals surface area contributed by atoms with Crippen molar-refractivity contribution in [2.75, 3.05) is 62.3 Å². The van der Waals surface area contributed by atoms with Gasteiger partial charge in [0.15, 0.2) is 0 Å². The van der Waals surface area contributed by atoms with Crippen molar-refractivity contribution in [3.63, 3.8) is 0 Å². The Morgan fingerprint density at radius 2 is 1.66 bits per heavy atom. The summed E-state index contributed by atoms with van der Waals surface area (Å²) in [6, 6.07) is 2.03. The molecule has 2 aliphatic rings. The Bertz CT molecular complexity index is 896. The number of morpholine rings is 1. The van der Waals surface area contributed by atoms with Gasteiger partial charge in [0.1, 0.15) is 5.82 Å². The van der Waals surface area contributed by atoms with Gasteiger partial charge in [0.2, 0.25) is 5.95 Å². The van der Waals surface area contributed by atoms with Gasteiger partial charge in [-0.05, 0) is 20.8 Å². The average Bonchev–Trinajstić information content (AvgIpc) is 2.99. The summed E-state index contributed by atoms with van der Waals surface area (Å²) in [5.74, 6) is 1.76. The molecule has 0 spiro atoms. The van der Waals surface area contributed by atoms with E-state index < -0.39 is 0 Å². The summed E-state index contributed by atoms with van der Waals surface area (Å²) in [6.07, 6.45) is 0. The van der Waals surface area contributed by atoms with Crippen molar-refractivity contribution in [1.29, 1.82) is 0 Å². The molecule has 156 valence electrons. The van der Waals surface area contributed by atoms with E-state index in [9.17, 15) is 4.79 Å². The Hall–Kier alpha value is -2.68. The first kappa shape index (κ1) is 19.6. The van der Waals surface area contributed by atoms with Crippen molar-refractivity contribution < 1.29 is 9.53 Å². The minimum absolute atomic E-state index is 0.0620. The zero-order valence-corrected chi connectivity index (χ0v) is 17.7. The fraction of sp³-hybridized carbons (Fsp3) is 0.600. The van der Waals surface area contributed by atoms with Crippen molar-refractivity contribution in [2.45, 2.75) is 20.8 Å². The molecular weight excluding hydrogens is 370 g/mol. The largest absolute Gasteiger partial charge is 0.378 e. The molecule has 1 amide bonds. The normalized spacial score (nSPS) is 17.7. The van der Waals surface area contributed by atoms with E-state index in [4.69, 9.17) is 9.72 Å². The SMILES string of the molecule is Cc1cc(N2CCOCC2)nc(N2CCN(C(=O)c3c(C)nn(C)c3C)CC2)n1. The van der Waals surface area contributed by atoms with Gasteiger partial charge in [-0.3, -0.25) is 9.48 Å². The summed E-state index contributed by atoms with van der Waals surface area (Å²) in [5, 5.41) is 4.38. The summed E-state index contributed by atoms with van der Waals surface area (Å²) in [4.78, 5) is 28.8. The maximum absolute atomic E-state index is 13.0. The molecule has 2 fully saturated rings. The van der Waals surface area contributed by atoms with Crippen molar-refractivity contribution in [3.8, 4) is 0 Å². The van der Waals surface area contributed by atoms with Gasteiger partial charge in [-0.1, -0.05) is 0 Å². The van der Waals surface area contributed by atoms with Crippen molar-refractivity contribution in [2.24, 2.45) is 7.05 Å². The van der Waals surface area contributed by atoms with Crippen LogP contribution in [0.15, 0.2) is 6.07 Å². The van der Waals surface area contributed by atoms with Crippen molar-refractivity contribution >= 4 is 17.7 Å². The van der Waals surface area contributed by atoms with Gasteiger partial charge in [-0.15, -0.1) is 0 Å². The molecule has 0 aliphatic carbocycles. The Kier molecular flexibility index (Phi) is 5.40. The molecule has 2 aromatic rings. The summed E-state index contributed by atoms with van der Waals surface area (Å²) in [5.41, 5.74) is 3.38. The second kappa shape index (κ2) is 7.98. The maximum Gasteiger partial charge on any atom is 0.257 e. The zero-order chi connectivity index (χ0) is 20.5. The number of hydrogen-bond donors (Lipinski definition) is 0. The molecule has 0 atom stereocenters. The molecule has 0 radical (unpaired) electrons. The summed E-state index contributed by atoms with van der Waals surface area (Å²) in [7, 11) is 1.87. The van der Waals surface area contributed by atoms with Crippen LogP contribution in [-0.2, 0) is 11.8 Å².